The molecule has 2 heteroatoms. The maximum absolute atomic E-state index is 2.12. The molecule has 0 amide bonds. The summed E-state index contributed by atoms with van der Waals surface area (Å²) in [7, 11) is 0. The average Bonchev–Trinajstić information content (AvgIpc) is 3.35. The first-order chi connectivity index (χ1) is 9.97. The fourth-order valence-corrected chi connectivity index (χ4v) is 1.77. The van der Waals surface area contributed by atoms with E-state index >= 15 is 0 Å². The van der Waals surface area contributed by atoms with Crippen molar-refractivity contribution in [2.45, 2.75) is 0 Å². The van der Waals surface area contributed by atoms with Crippen LogP contribution in [0, 0.1) is 0 Å². The van der Waals surface area contributed by atoms with E-state index in [4.69, 9.17) is 0 Å². The standard InChI is InChI=1S/C10H8.2C5H5.2Ni/c1-2-6-9(5-1)10-7-3-4-8-10;2*1-2-4-5-3-1;;/h1-8H;2*1-5H;;/q-2;2*-1;2*+2. The summed E-state index contributed by atoms with van der Waals surface area (Å²) in [6, 6.07) is 36.7. The van der Waals surface area contributed by atoms with Gasteiger partial charge in [0.1, 0.15) is 0 Å². The van der Waals surface area contributed by atoms with E-state index < -0.39 is 0 Å². The van der Waals surface area contributed by atoms with Gasteiger partial charge in [-0.2, -0.15) is 96.1 Å². The van der Waals surface area contributed by atoms with E-state index in [9.17, 15) is 0 Å². The fourth-order valence-electron chi connectivity index (χ4n) is 1.77. The van der Waals surface area contributed by atoms with E-state index in [1.165, 1.54) is 11.1 Å². The minimum atomic E-state index is 0. The normalized spacial score (nSPS) is 8.18. The van der Waals surface area contributed by atoms with Crippen molar-refractivity contribution in [3.05, 3.63) is 109 Å². The van der Waals surface area contributed by atoms with E-state index in [1.54, 1.807) is 0 Å². The molecule has 0 saturated heterocycles. The Hall–Kier alpha value is -1.61. The second-order valence-corrected chi connectivity index (χ2v) is 4.27. The summed E-state index contributed by atoms with van der Waals surface area (Å²) >= 11 is 0. The van der Waals surface area contributed by atoms with Gasteiger partial charge in [-0.05, 0) is 0 Å². The summed E-state index contributed by atoms with van der Waals surface area (Å²) in [4.78, 5) is 0. The quantitative estimate of drug-likeness (QED) is 0.300. The third-order valence-electron chi connectivity index (χ3n) is 2.77. The van der Waals surface area contributed by atoms with Gasteiger partial charge in [-0.1, -0.05) is 0 Å². The van der Waals surface area contributed by atoms with Gasteiger partial charge in [0.15, 0.2) is 0 Å². The molecule has 0 saturated carbocycles. The van der Waals surface area contributed by atoms with Crippen molar-refractivity contribution in [3.8, 4) is 11.1 Å². The molecule has 0 N–H and O–H groups in total. The second-order valence-electron chi connectivity index (χ2n) is 4.27. The maximum Gasteiger partial charge on any atom is 2.00 e. The monoisotopic (exact) mass is 374 g/mol. The van der Waals surface area contributed by atoms with Crippen molar-refractivity contribution in [3.63, 3.8) is 0 Å². The Morgan fingerprint density at radius 3 is 0.864 bits per heavy atom. The second kappa shape index (κ2) is 13.1. The molecule has 0 unspecified atom stereocenters. The zero-order valence-electron chi connectivity index (χ0n) is 12.0. The van der Waals surface area contributed by atoms with Crippen molar-refractivity contribution >= 4 is 0 Å². The van der Waals surface area contributed by atoms with Crippen LogP contribution in [-0.4, -0.2) is 0 Å². The summed E-state index contributed by atoms with van der Waals surface area (Å²) in [6.07, 6.45) is 0. The van der Waals surface area contributed by atoms with Crippen molar-refractivity contribution in [2.24, 2.45) is 0 Å². The number of hydrogen-bond donors (Lipinski definition) is 0. The first-order valence-corrected chi connectivity index (χ1v) is 6.74. The van der Waals surface area contributed by atoms with Crippen LogP contribution in [0.2, 0.25) is 0 Å². The topological polar surface area (TPSA) is 0 Å². The van der Waals surface area contributed by atoms with Crippen molar-refractivity contribution < 1.29 is 33.0 Å². The van der Waals surface area contributed by atoms with Crippen LogP contribution in [0.4, 0.5) is 0 Å². The van der Waals surface area contributed by atoms with E-state index in [0.29, 0.717) is 0 Å². The van der Waals surface area contributed by atoms with Crippen LogP contribution in [-0.2, 0) is 33.0 Å². The summed E-state index contributed by atoms with van der Waals surface area (Å²) < 4.78 is 0. The smallest absolute Gasteiger partial charge is 0.214 e. The van der Waals surface area contributed by atoms with Crippen LogP contribution in [0.5, 0.6) is 0 Å². The van der Waals surface area contributed by atoms with Crippen molar-refractivity contribution in [2.75, 3.05) is 0 Å². The van der Waals surface area contributed by atoms with Gasteiger partial charge in [0.05, 0.1) is 0 Å². The van der Waals surface area contributed by atoms with Gasteiger partial charge < -0.3 is 0 Å². The van der Waals surface area contributed by atoms with Crippen molar-refractivity contribution in [1.82, 2.24) is 0 Å². The summed E-state index contributed by atoms with van der Waals surface area (Å²) in [5.41, 5.74) is 2.62. The summed E-state index contributed by atoms with van der Waals surface area (Å²) in [6.45, 7) is 0. The van der Waals surface area contributed by atoms with Crippen LogP contribution in [0.3, 0.4) is 0 Å². The average molecular weight is 376 g/mol. The zero-order chi connectivity index (χ0) is 13.9. The van der Waals surface area contributed by atoms with E-state index in [2.05, 4.69) is 48.5 Å². The van der Waals surface area contributed by atoms with E-state index in [0.717, 1.165) is 0 Å². The van der Waals surface area contributed by atoms with Gasteiger partial charge >= 0.3 is 33.0 Å². The molecule has 0 bridgehead atoms. The molecule has 4 aromatic carbocycles. The molecule has 0 fully saturated rings. The Kier molecular flexibility index (Phi) is 12.1. The molecule has 4 aromatic rings. The van der Waals surface area contributed by atoms with Gasteiger partial charge in [-0.15, -0.1) is 0 Å². The van der Waals surface area contributed by atoms with Crippen LogP contribution in [0.25, 0.3) is 11.1 Å². The third-order valence-corrected chi connectivity index (χ3v) is 2.77. The molecule has 22 heavy (non-hydrogen) atoms. The molecule has 0 aliphatic carbocycles. The van der Waals surface area contributed by atoms with Gasteiger partial charge in [0.2, 0.25) is 0 Å². The Labute approximate surface area is 153 Å². The van der Waals surface area contributed by atoms with Crippen LogP contribution in [0.1, 0.15) is 0 Å². The van der Waals surface area contributed by atoms with Crippen LogP contribution in [0.15, 0.2) is 109 Å². The minimum absolute atomic E-state index is 0. The van der Waals surface area contributed by atoms with E-state index in [1.807, 2.05) is 60.7 Å². The SMILES string of the molecule is [Ni+2].[Ni+2].c1cc[c-](-[c-]2cccc2)c1.c1cc[cH-]c1.c1cc[cH-]c1. The fraction of sp³-hybridized carbons (Fsp3) is 0. The molecular weight excluding hydrogens is 358 g/mol. The molecule has 0 nitrogen and oxygen atoms in total. The third kappa shape index (κ3) is 7.98. The first kappa shape index (κ1) is 20.4. The Morgan fingerprint density at radius 1 is 0.409 bits per heavy atom. The Bertz CT molecular complexity index is 505. The first-order valence-electron chi connectivity index (χ1n) is 6.74. The molecule has 0 aliphatic heterocycles. The van der Waals surface area contributed by atoms with Crippen LogP contribution >= 0.6 is 0 Å². The molecule has 0 atom stereocenters. The van der Waals surface area contributed by atoms with Gasteiger partial charge in [0, 0.05) is 0 Å². The molecular formula is C20H18Ni2. The van der Waals surface area contributed by atoms with Gasteiger partial charge in [0.25, 0.3) is 0 Å². The minimum Gasteiger partial charge on any atom is -0.214 e. The predicted molar refractivity (Wildman–Crippen MR) is 87.1 cm³/mol. The molecule has 0 radical (unpaired) electrons. The summed E-state index contributed by atoms with van der Waals surface area (Å²) in [5, 5.41) is 0. The number of hydrogen-bond acceptors (Lipinski definition) is 0. The zero-order valence-corrected chi connectivity index (χ0v) is 14.0. The molecule has 0 aliphatic rings. The molecule has 4 rings (SSSR count). The molecule has 118 valence electrons. The predicted octanol–water partition coefficient (Wildman–Crippen LogP) is 5.60. The maximum atomic E-state index is 2.12. The Balaban J connectivity index is 0.000000316. The number of rotatable bonds is 1. The molecule has 0 heterocycles. The van der Waals surface area contributed by atoms with Crippen molar-refractivity contribution in [1.29, 1.82) is 0 Å². The molecule has 0 aromatic heterocycles. The van der Waals surface area contributed by atoms with E-state index in [-0.39, 0.29) is 33.0 Å². The Morgan fingerprint density at radius 2 is 0.682 bits per heavy atom. The van der Waals surface area contributed by atoms with Gasteiger partial charge in [-0.3, -0.25) is 0 Å². The molecule has 0 spiro atoms. The van der Waals surface area contributed by atoms with Gasteiger partial charge in [-0.25, -0.2) is 24.3 Å². The van der Waals surface area contributed by atoms with Crippen LogP contribution < -0.4 is 0 Å². The largest absolute Gasteiger partial charge is 2.00 e. The summed E-state index contributed by atoms with van der Waals surface area (Å²) in [5.74, 6) is 0.